The molecule has 2 fully saturated rings. The van der Waals surface area contributed by atoms with Gasteiger partial charge in [0, 0.05) is 18.1 Å². The van der Waals surface area contributed by atoms with Crippen LogP contribution in [0.15, 0.2) is 0 Å². The lowest BCUT2D eigenvalue weighted by atomic mass is 10.0. The molecular weight excluding hydrogens is 242 g/mol. The Morgan fingerprint density at radius 1 is 1.32 bits per heavy atom. The zero-order chi connectivity index (χ0) is 13.5. The standard InChI is InChI=1S/C13H21N5O/c1-8-10(17-13(2)5-6-19-7-13)15-12(9-3-4-9)16-11(8)18-14/h9H,3-7,14H2,1-2H3,(H2,15,16,17,18). The molecule has 19 heavy (non-hydrogen) atoms. The summed E-state index contributed by atoms with van der Waals surface area (Å²) >= 11 is 0. The fraction of sp³-hybridized carbons (Fsp3) is 0.692. The number of rotatable bonds is 4. The van der Waals surface area contributed by atoms with Gasteiger partial charge in [-0.25, -0.2) is 15.8 Å². The summed E-state index contributed by atoms with van der Waals surface area (Å²) < 4.78 is 5.47. The highest BCUT2D eigenvalue weighted by molar-refractivity contribution is 5.58. The molecule has 1 saturated carbocycles. The van der Waals surface area contributed by atoms with Gasteiger partial charge in [-0.1, -0.05) is 0 Å². The Morgan fingerprint density at radius 3 is 2.63 bits per heavy atom. The fourth-order valence-electron chi connectivity index (χ4n) is 2.37. The smallest absolute Gasteiger partial charge is 0.148 e. The van der Waals surface area contributed by atoms with E-state index in [0.717, 1.165) is 30.2 Å². The number of hydrogen-bond acceptors (Lipinski definition) is 6. The highest BCUT2D eigenvalue weighted by Gasteiger charge is 2.32. The largest absolute Gasteiger partial charge is 0.379 e. The van der Waals surface area contributed by atoms with E-state index in [-0.39, 0.29) is 5.54 Å². The first-order valence-electron chi connectivity index (χ1n) is 6.82. The molecule has 1 aliphatic heterocycles. The highest BCUT2D eigenvalue weighted by atomic mass is 16.5. The number of aromatic nitrogens is 2. The van der Waals surface area contributed by atoms with Crippen molar-refractivity contribution in [1.82, 2.24) is 9.97 Å². The van der Waals surface area contributed by atoms with Crippen molar-refractivity contribution in [3.05, 3.63) is 11.4 Å². The van der Waals surface area contributed by atoms with Crippen molar-refractivity contribution < 1.29 is 4.74 Å². The van der Waals surface area contributed by atoms with Gasteiger partial charge in [0.15, 0.2) is 0 Å². The zero-order valence-corrected chi connectivity index (χ0v) is 11.5. The third-order valence-corrected chi connectivity index (χ3v) is 3.88. The molecular formula is C13H21N5O. The summed E-state index contributed by atoms with van der Waals surface area (Å²) in [6, 6.07) is 0. The van der Waals surface area contributed by atoms with Crippen LogP contribution in [0.2, 0.25) is 0 Å². The van der Waals surface area contributed by atoms with Gasteiger partial charge in [0.2, 0.25) is 0 Å². The number of hydrogen-bond donors (Lipinski definition) is 3. The molecule has 4 N–H and O–H groups in total. The van der Waals surface area contributed by atoms with E-state index in [2.05, 4.69) is 27.6 Å². The molecule has 1 aromatic heterocycles. The first kappa shape index (κ1) is 12.6. The number of ether oxygens (including phenoxy) is 1. The zero-order valence-electron chi connectivity index (χ0n) is 11.5. The van der Waals surface area contributed by atoms with Gasteiger partial charge in [-0.05, 0) is 33.1 Å². The molecule has 1 atom stereocenters. The molecule has 1 aromatic rings. The number of nitrogens with two attached hydrogens (primary N) is 1. The molecule has 3 rings (SSSR count). The summed E-state index contributed by atoms with van der Waals surface area (Å²) in [5.74, 6) is 8.53. The van der Waals surface area contributed by atoms with Crippen molar-refractivity contribution >= 4 is 11.6 Å². The Bertz CT molecular complexity index is 480. The number of anilines is 2. The second kappa shape index (κ2) is 4.61. The lowest BCUT2D eigenvalue weighted by Gasteiger charge is -2.26. The molecule has 1 aliphatic carbocycles. The van der Waals surface area contributed by atoms with Crippen LogP contribution in [0.25, 0.3) is 0 Å². The van der Waals surface area contributed by atoms with E-state index in [0.29, 0.717) is 18.3 Å². The quantitative estimate of drug-likeness (QED) is 0.564. The van der Waals surface area contributed by atoms with Crippen LogP contribution in [0.3, 0.4) is 0 Å². The molecule has 1 unspecified atom stereocenters. The van der Waals surface area contributed by atoms with Crippen LogP contribution in [0.5, 0.6) is 0 Å². The molecule has 0 spiro atoms. The third-order valence-electron chi connectivity index (χ3n) is 3.88. The molecule has 6 nitrogen and oxygen atoms in total. The van der Waals surface area contributed by atoms with Gasteiger partial charge in [-0.2, -0.15) is 0 Å². The number of hydrazine groups is 1. The normalized spacial score (nSPS) is 26.5. The summed E-state index contributed by atoms with van der Waals surface area (Å²) in [6.45, 7) is 5.65. The molecule has 0 radical (unpaired) electrons. The van der Waals surface area contributed by atoms with Crippen molar-refractivity contribution in [3.8, 4) is 0 Å². The van der Waals surface area contributed by atoms with Gasteiger partial charge in [0.25, 0.3) is 0 Å². The van der Waals surface area contributed by atoms with Crippen molar-refractivity contribution in [3.63, 3.8) is 0 Å². The van der Waals surface area contributed by atoms with Crippen LogP contribution >= 0.6 is 0 Å². The topological polar surface area (TPSA) is 85.1 Å². The second-order valence-corrected chi connectivity index (χ2v) is 5.81. The molecule has 104 valence electrons. The van der Waals surface area contributed by atoms with Gasteiger partial charge in [-0.15, -0.1) is 0 Å². The Kier molecular flexibility index (Phi) is 3.06. The van der Waals surface area contributed by atoms with Gasteiger partial charge >= 0.3 is 0 Å². The lowest BCUT2D eigenvalue weighted by molar-refractivity contribution is 0.185. The number of nitrogens with one attached hydrogen (secondary N) is 2. The van der Waals surface area contributed by atoms with Crippen molar-refractivity contribution in [2.75, 3.05) is 24.0 Å². The number of nitrogen functional groups attached to an aromatic ring is 1. The second-order valence-electron chi connectivity index (χ2n) is 5.81. The fourth-order valence-corrected chi connectivity index (χ4v) is 2.37. The predicted octanol–water partition coefficient (Wildman–Crippen LogP) is 1.54. The van der Waals surface area contributed by atoms with Crippen LogP contribution in [0.4, 0.5) is 11.6 Å². The van der Waals surface area contributed by atoms with E-state index >= 15 is 0 Å². The van der Waals surface area contributed by atoms with Crippen molar-refractivity contribution in [1.29, 1.82) is 0 Å². The Balaban J connectivity index is 1.92. The van der Waals surface area contributed by atoms with Crippen LogP contribution in [0, 0.1) is 6.92 Å². The Hall–Kier alpha value is -1.40. The van der Waals surface area contributed by atoms with E-state index in [1.54, 1.807) is 0 Å². The average Bonchev–Trinajstić information content (AvgIpc) is 3.15. The maximum absolute atomic E-state index is 5.56. The summed E-state index contributed by atoms with van der Waals surface area (Å²) in [5.41, 5.74) is 3.58. The summed E-state index contributed by atoms with van der Waals surface area (Å²) in [5, 5.41) is 3.51. The van der Waals surface area contributed by atoms with Crippen LogP contribution in [0.1, 0.15) is 43.5 Å². The number of nitrogens with zero attached hydrogens (tertiary/aromatic N) is 2. The SMILES string of the molecule is Cc1c(NN)nc(C2CC2)nc1NC1(C)CCOC1. The maximum atomic E-state index is 5.56. The minimum atomic E-state index is -0.0498. The van der Waals surface area contributed by atoms with Crippen molar-refractivity contribution in [2.24, 2.45) is 5.84 Å². The lowest BCUT2D eigenvalue weighted by Crippen LogP contribution is -2.36. The Morgan fingerprint density at radius 2 is 2.05 bits per heavy atom. The van der Waals surface area contributed by atoms with E-state index in [1.165, 1.54) is 12.8 Å². The predicted molar refractivity (Wildman–Crippen MR) is 74.0 cm³/mol. The van der Waals surface area contributed by atoms with Crippen LogP contribution in [-0.4, -0.2) is 28.7 Å². The van der Waals surface area contributed by atoms with Gasteiger partial charge < -0.3 is 15.5 Å². The highest BCUT2D eigenvalue weighted by Crippen LogP contribution is 2.40. The van der Waals surface area contributed by atoms with Crippen LogP contribution < -0.4 is 16.6 Å². The molecule has 0 amide bonds. The molecule has 1 saturated heterocycles. The molecule has 0 aromatic carbocycles. The summed E-state index contributed by atoms with van der Waals surface area (Å²) in [6.07, 6.45) is 3.33. The van der Waals surface area contributed by atoms with Gasteiger partial charge in [0.1, 0.15) is 17.5 Å². The molecule has 6 heteroatoms. The third kappa shape index (κ3) is 2.50. The van der Waals surface area contributed by atoms with E-state index < -0.39 is 0 Å². The average molecular weight is 263 g/mol. The Labute approximate surface area is 113 Å². The van der Waals surface area contributed by atoms with E-state index in [4.69, 9.17) is 10.6 Å². The first-order valence-corrected chi connectivity index (χ1v) is 6.82. The summed E-state index contributed by atoms with van der Waals surface area (Å²) in [4.78, 5) is 9.17. The molecule has 2 heterocycles. The van der Waals surface area contributed by atoms with Crippen molar-refractivity contribution in [2.45, 2.75) is 44.6 Å². The van der Waals surface area contributed by atoms with Crippen LogP contribution in [-0.2, 0) is 4.74 Å². The summed E-state index contributed by atoms with van der Waals surface area (Å²) in [7, 11) is 0. The monoisotopic (exact) mass is 263 g/mol. The van der Waals surface area contributed by atoms with E-state index in [9.17, 15) is 0 Å². The molecule has 0 bridgehead atoms. The minimum Gasteiger partial charge on any atom is -0.379 e. The van der Waals surface area contributed by atoms with Gasteiger partial charge in [-0.3, -0.25) is 0 Å². The van der Waals surface area contributed by atoms with Gasteiger partial charge in [0.05, 0.1) is 12.1 Å². The minimum absolute atomic E-state index is 0.0498. The first-order chi connectivity index (χ1) is 9.11. The van der Waals surface area contributed by atoms with E-state index in [1.807, 2.05) is 6.92 Å². The molecule has 2 aliphatic rings. The maximum Gasteiger partial charge on any atom is 0.148 e.